The van der Waals surface area contributed by atoms with Crippen LogP contribution >= 0.6 is 11.3 Å². The Balaban J connectivity index is 1.78. The van der Waals surface area contributed by atoms with Crippen molar-refractivity contribution in [3.05, 3.63) is 16.0 Å². The fourth-order valence-corrected chi connectivity index (χ4v) is 4.93. The molecule has 0 unspecified atom stereocenters. The van der Waals surface area contributed by atoms with Crippen LogP contribution in [0.2, 0.25) is 0 Å². The molecule has 25 heavy (non-hydrogen) atoms. The molecule has 0 atom stereocenters. The van der Waals surface area contributed by atoms with Crippen molar-refractivity contribution >= 4 is 34.1 Å². The number of thiophene rings is 1. The Bertz CT molecular complexity index is 677. The van der Waals surface area contributed by atoms with Gasteiger partial charge in [0.25, 0.3) is 5.91 Å². The minimum Gasteiger partial charge on any atom is -0.550 e. The molecule has 1 fully saturated rings. The molecule has 3 rings (SSSR count). The van der Waals surface area contributed by atoms with E-state index in [2.05, 4.69) is 10.6 Å². The SMILES string of the molecule is O=C([O-])CCC(=O)Nc1sc2c(c1C(=O)NC1CCCC1)CCCC2. The van der Waals surface area contributed by atoms with E-state index in [1.165, 1.54) is 11.3 Å². The zero-order valence-electron chi connectivity index (χ0n) is 14.2. The van der Waals surface area contributed by atoms with Crippen LogP contribution in [0.3, 0.4) is 0 Å². The summed E-state index contributed by atoms with van der Waals surface area (Å²) < 4.78 is 0. The predicted molar refractivity (Wildman–Crippen MR) is 93.6 cm³/mol. The number of hydrogen-bond acceptors (Lipinski definition) is 5. The van der Waals surface area contributed by atoms with Crippen molar-refractivity contribution in [2.24, 2.45) is 0 Å². The average Bonchev–Trinajstić information content (AvgIpc) is 3.19. The number of anilines is 1. The Morgan fingerprint density at radius 3 is 2.48 bits per heavy atom. The molecule has 136 valence electrons. The van der Waals surface area contributed by atoms with E-state index in [0.717, 1.165) is 61.8 Å². The van der Waals surface area contributed by atoms with E-state index in [4.69, 9.17) is 0 Å². The summed E-state index contributed by atoms with van der Waals surface area (Å²) in [6.07, 6.45) is 7.75. The lowest BCUT2D eigenvalue weighted by atomic mass is 9.95. The molecule has 2 N–H and O–H groups in total. The summed E-state index contributed by atoms with van der Waals surface area (Å²) in [5.41, 5.74) is 1.65. The van der Waals surface area contributed by atoms with E-state index in [1.807, 2.05) is 0 Å². The van der Waals surface area contributed by atoms with Gasteiger partial charge in [-0.1, -0.05) is 12.8 Å². The lowest BCUT2D eigenvalue weighted by molar-refractivity contribution is -0.305. The highest BCUT2D eigenvalue weighted by molar-refractivity contribution is 7.17. The smallest absolute Gasteiger partial charge is 0.254 e. The Morgan fingerprint density at radius 2 is 1.76 bits per heavy atom. The Hall–Kier alpha value is -1.89. The third-order valence-electron chi connectivity index (χ3n) is 4.90. The van der Waals surface area contributed by atoms with Gasteiger partial charge in [0.2, 0.25) is 5.91 Å². The summed E-state index contributed by atoms with van der Waals surface area (Å²) in [6.45, 7) is 0. The number of amides is 2. The van der Waals surface area contributed by atoms with Gasteiger partial charge in [-0.3, -0.25) is 9.59 Å². The number of rotatable bonds is 6. The first-order chi connectivity index (χ1) is 12.0. The maximum Gasteiger partial charge on any atom is 0.254 e. The Morgan fingerprint density at radius 1 is 1.04 bits per heavy atom. The number of hydrogen-bond donors (Lipinski definition) is 2. The number of carbonyl (C=O) groups excluding carboxylic acids is 3. The van der Waals surface area contributed by atoms with Gasteiger partial charge in [0, 0.05) is 23.3 Å². The van der Waals surface area contributed by atoms with Crippen molar-refractivity contribution in [2.75, 3.05) is 5.32 Å². The summed E-state index contributed by atoms with van der Waals surface area (Å²) in [7, 11) is 0. The van der Waals surface area contributed by atoms with Crippen molar-refractivity contribution in [1.29, 1.82) is 0 Å². The lowest BCUT2D eigenvalue weighted by Gasteiger charge is -2.16. The third kappa shape index (κ3) is 4.39. The fraction of sp³-hybridized carbons (Fsp3) is 0.611. The summed E-state index contributed by atoms with van der Waals surface area (Å²) >= 11 is 1.45. The number of nitrogens with one attached hydrogen (secondary N) is 2. The van der Waals surface area contributed by atoms with Gasteiger partial charge in [-0.2, -0.15) is 0 Å². The standard InChI is InChI=1S/C18H24N2O4S/c21-14(9-10-15(22)23)20-18-16(12-7-3-4-8-13(12)25-18)17(24)19-11-5-1-2-6-11/h11H,1-10H2,(H,19,24)(H,20,21)(H,22,23)/p-1. The summed E-state index contributed by atoms with van der Waals surface area (Å²) in [6, 6.07) is 0.216. The van der Waals surface area contributed by atoms with Crippen LogP contribution < -0.4 is 15.7 Å². The van der Waals surface area contributed by atoms with E-state index >= 15 is 0 Å². The van der Waals surface area contributed by atoms with Crippen LogP contribution in [0.1, 0.15) is 72.2 Å². The largest absolute Gasteiger partial charge is 0.550 e. The molecule has 2 aliphatic carbocycles. The number of aliphatic carboxylic acids is 1. The van der Waals surface area contributed by atoms with Gasteiger partial charge in [0.15, 0.2) is 0 Å². The molecule has 2 aliphatic rings. The average molecular weight is 363 g/mol. The molecule has 1 heterocycles. The second-order valence-corrected chi connectivity index (χ2v) is 7.90. The maximum atomic E-state index is 12.8. The summed E-state index contributed by atoms with van der Waals surface area (Å²) in [5.74, 6) is -1.75. The normalized spacial score (nSPS) is 17.1. The van der Waals surface area contributed by atoms with E-state index in [0.29, 0.717) is 10.6 Å². The minimum atomic E-state index is -1.25. The van der Waals surface area contributed by atoms with Crippen LogP contribution in [-0.4, -0.2) is 23.8 Å². The first kappa shape index (κ1) is 17.9. The Kier molecular flexibility index (Phi) is 5.73. The van der Waals surface area contributed by atoms with Gasteiger partial charge in [-0.15, -0.1) is 11.3 Å². The van der Waals surface area contributed by atoms with Gasteiger partial charge in [0.1, 0.15) is 5.00 Å². The van der Waals surface area contributed by atoms with Crippen LogP contribution in [0.25, 0.3) is 0 Å². The molecule has 1 aromatic rings. The lowest BCUT2D eigenvalue weighted by Crippen LogP contribution is -2.33. The maximum absolute atomic E-state index is 12.8. The number of aryl methyl sites for hydroxylation is 1. The highest BCUT2D eigenvalue weighted by atomic mass is 32.1. The monoisotopic (exact) mass is 363 g/mol. The van der Waals surface area contributed by atoms with Gasteiger partial charge >= 0.3 is 0 Å². The number of carboxylic acid groups (broad SMARTS) is 1. The van der Waals surface area contributed by atoms with Crippen LogP contribution in [0, 0.1) is 0 Å². The molecule has 2 amide bonds. The number of carboxylic acids is 1. The van der Waals surface area contributed by atoms with E-state index in [9.17, 15) is 19.5 Å². The van der Waals surface area contributed by atoms with Crippen molar-refractivity contribution < 1.29 is 19.5 Å². The topological polar surface area (TPSA) is 98.3 Å². The molecule has 0 aliphatic heterocycles. The minimum absolute atomic E-state index is 0.110. The van der Waals surface area contributed by atoms with E-state index < -0.39 is 11.9 Å². The quantitative estimate of drug-likeness (QED) is 0.805. The zero-order valence-corrected chi connectivity index (χ0v) is 15.0. The number of fused-ring (bicyclic) bond motifs is 1. The zero-order chi connectivity index (χ0) is 17.8. The molecule has 1 saturated carbocycles. The van der Waals surface area contributed by atoms with Crippen LogP contribution in [0.15, 0.2) is 0 Å². The van der Waals surface area contributed by atoms with Gasteiger partial charge in [0.05, 0.1) is 5.56 Å². The molecule has 0 radical (unpaired) electrons. The molecule has 6 nitrogen and oxygen atoms in total. The molecule has 0 saturated heterocycles. The molecular weight excluding hydrogens is 340 g/mol. The molecule has 7 heteroatoms. The van der Waals surface area contributed by atoms with E-state index in [-0.39, 0.29) is 24.8 Å². The van der Waals surface area contributed by atoms with Crippen molar-refractivity contribution in [2.45, 2.75) is 70.3 Å². The molecular formula is C18H23N2O4S-. The second kappa shape index (κ2) is 7.99. The second-order valence-electron chi connectivity index (χ2n) is 6.79. The third-order valence-corrected chi connectivity index (χ3v) is 6.11. The van der Waals surface area contributed by atoms with Crippen molar-refractivity contribution in [3.8, 4) is 0 Å². The Labute approximate surface area is 151 Å². The fourth-order valence-electron chi connectivity index (χ4n) is 3.63. The van der Waals surface area contributed by atoms with Crippen molar-refractivity contribution in [3.63, 3.8) is 0 Å². The molecule has 1 aromatic heterocycles. The number of carbonyl (C=O) groups is 3. The van der Waals surface area contributed by atoms with E-state index in [1.54, 1.807) is 0 Å². The highest BCUT2D eigenvalue weighted by Gasteiger charge is 2.28. The molecule has 0 aromatic carbocycles. The summed E-state index contributed by atoms with van der Waals surface area (Å²) in [5, 5.41) is 17.0. The van der Waals surface area contributed by atoms with Gasteiger partial charge in [-0.25, -0.2) is 0 Å². The molecule has 0 bridgehead atoms. The van der Waals surface area contributed by atoms with Crippen LogP contribution in [-0.2, 0) is 22.4 Å². The van der Waals surface area contributed by atoms with Crippen LogP contribution in [0.5, 0.6) is 0 Å². The van der Waals surface area contributed by atoms with Crippen molar-refractivity contribution in [1.82, 2.24) is 5.32 Å². The highest BCUT2D eigenvalue weighted by Crippen LogP contribution is 2.38. The first-order valence-corrected chi connectivity index (χ1v) is 9.81. The van der Waals surface area contributed by atoms with Crippen LogP contribution in [0.4, 0.5) is 5.00 Å². The first-order valence-electron chi connectivity index (χ1n) is 8.99. The molecule has 0 spiro atoms. The summed E-state index contributed by atoms with van der Waals surface area (Å²) in [4.78, 5) is 36.6. The van der Waals surface area contributed by atoms with Gasteiger partial charge < -0.3 is 20.5 Å². The van der Waals surface area contributed by atoms with Gasteiger partial charge in [-0.05, 0) is 50.5 Å². The predicted octanol–water partition coefficient (Wildman–Crippen LogP) is 1.77.